The minimum atomic E-state index is 0. The van der Waals surface area contributed by atoms with Crippen molar-refractivity contribution < 1.29 is 68.2 Å². The van der Waals surface area contributed by atoms with Crippen molar-refractivity contribution in [3.05, 3.63) is 0 Å². The zero-order valence-electron chi connectivity index (χ0n) is 1.76. The van der Waals surface area contributed by atoms with E-state index in [1.807, 2.05) is 0 Å². The van der Waals surface area contributed by atoms with Crippen LogP contribution in [0.2, 0.25) is 0 Å². The maximum Gasteiger partial charge on any atom is 4.00 e. The molecule has 0 rings (SSSR count). The minimum absolute atomic E-state index is 0. The topological polar surface area (TPSA) is 0 Å². The molecule has 0 fully saturated rings. The maximum absolute atomic E-state index is 0. The minimum Gasteiger partial charge on any atom is -1.00 e. The van der Waals surface area contributed by atoms with E-state index in [9.17, 15) is 0 Å². The largest absolute Gasteiger partial charge is 4.00 e. The average molecular weight is 167 g/mol. The monoisotopic (exact) mass is 166 g/mol. The molecule has 0 aromatic rings. The first-order valence-electron chi connectivity index (χ1n) is 0. The van der Waals surface area contributed by atoms with E-state index in [1.165, 1.54) is 0 Å². The van der Waals surface area contributed by atoms with Gasteiger partial charge in [-0.25, -0.2) is 0 Å². The van der Waals surface area contributed by atoms with E-state index in [4.69, 9.17) is 0 Å². The fraction of sp³-hybridized carbons (Fsp3) is 0. The third kappa shape index (κ3) is 8.99. The molecule has 0 aromatic heterocycles. The Morgan fingerprint density at radius 1 is 0.500 bits per heavy atom. The summed E-state index contributed by atoms with van der Waals surface area (Å²) in [6.07, 6.45) is 0. The number of rotatable bonds is 0. The van der Waals surface area contributed by atoms with Crippen molar-refractivity contribution in [3.8, 4) is 0 Å². The number of hydrogen-bond donors (Lipinski definition) is 0. The Morgan fingerprint density at radius 3 is 0.500 bits per heavy atom. The van der Waals surface area contributed by atoms with Crippen molar-refractivity contribution in [2.24, 2.45) is 0 Å². The third-order valence-electron chi connectivity index (χ3n) is 0. The summed E-state index contributed by atoms with van der Waals surface area (Å²) in [6.45, 7) is 0. The molecule has 4 heavy (non-hydrogen) atoms. The third-order valence-corrected chi connectivity index (χ3v) is 0. The summed E-state index contributed by atoms with van der Waals surface area (Å²) in [5.41, 5.74) is 0. The van der Waals surface area contributed by atoms with E-state index in [0.717, 1.165) is 0 Å². The zero-order chi connectivity index (χ0) is 0. The van der Waals surface area contributed by atoms with E-state index in [0.29, 0.717) is 0 Å². The molecule has 0 atom stereocenters. The van der Waals surface area contributed by atoms with Gasteiger partial charge in [0.1, 0.15) is 0 Å². The molecular weight excluding hydrogens is 167 g/mol. The molecule has 0 unspecified atom stereocenters. The summed E-state index contributed by atoms with van der Waals surface area (Å²) in [7, 11) is 0. The Labute approximate surface area is 67.7 Å². The van der Waals surface area contributed by atoms with Crippen LogP contribution in [0.25, 0.3) is 0 Å². The molecule has 0 aliphatic heterocycles. The van der Waals surface area contributed by atoms with Gasteiger partial charge in [0.05, 0.1) is 0 Å². The van der Waals surface area contributed by atoms with Crippen molar-refractivity contribution in [2.45, 2.75) is 0 Å². The van der Waals surface area contributed by atoms with Crippen LogP contribution >= 0.6 is 0 Å². The average Bonchev–Trinajstić information content (AvgIpc) is 0. The van der Waals surface area contributed by atoms with Gasteiger partial charge in [-0.05, 0) is 0 Å². The predicted octanol–water partition coefficient (Wildman–Crippen LogP) is -6.00. The summed E-state index contributed by atoms with van der Waals surface area (Å²) in [6, 6.07) is 0. The summed E-state index contributed by atoms with van der Waals surface area (Å²) in [5.74, 6) is 0. The van der Waals surface area contributed by atoms with Crippen molar-refractivity contribution in [1.82, 2.24) is 0 Å². The first-order chi connectivity index (χ1) is 0. The Hall–Kier alpha value is 2.01. The maximum atomic E-state index is 0. The fourth-order valence-corrected chi connectivity index (χ4v) is 0. The smallest absolute Gasteiger partial charge is 1.00 e. The van der Waals surface area contributed by atoms with Gasteiger partial charge in [-0.3, -0.25) is 0 Å². The first-order valence-corrected chi connectivity index (χ1v) is 0. The quantitative estimate of drug-likeness (QED) is 0.315. The van der Waals surface area contributed by atoms with E-state index in [-0.39, 0.29) is 68.2 Å². The normalized spacial score (nSPS) is 0. The molecule has 4 heteroatoms. The van der Waals surface area contributed by atoms with Crippen LogP contribution in [0, 0.1) is 0 Å². The van der Waals surface area contributed by atoms with Gasteiger partial charge in [-0.15, -0.1) is 0 Å². The van der Waals surface area contributed by atoms with Crippen LogP contribution in [0.5, 0.6) is 0 Å². The molecule has 0 heterocycles. The molecule has 0 spiro atoms. The molecule has 0 bridgehead atoms. The molecule has 0 saturated carbocycles. The molecule has 0 N–H and O–H groups in total. The van der Waals surface area contributed by atoms with Gasteiger partial charge < -0.3 is 24.8 Å². The predicted molar refractivity (Wildman–Crippen MR) is 0 cm³/mol. The first kappa shape index (κ1) is 37.4. The molecule has 16 valence electrons. The van der Waals surface area contributed by atoms with Crippen LogP contribution in [0.3, 0.4) is 0 Å². The van der Waals surface area contributed by atoms with Gasteiger partial charge in [0.25, 0.3) is 0 Å². The summed E-state index contributed by atoms with van der Waals surface area (Å²) >= 11 is 0. The van der Waals surface area contributed by atoms with Crippen LogP contribution in [0.4, 0.5) is 0 Å². The van der Waals surface area contributed by atoms with E-state index < -0.39 is 0 Å². The van der Waals surface area contributed by atoms with Crippen LogP contribution in [0.15, 0.2) is 0 Å². The van der Waals surface area contributed by atoms with Crippen molar-refractivity contribution >= 4 is 0 Å². The van der Waals surface area contributed by atoms with E-state index >= 15 is 0 Å². The van der Waals surface area contributed by atoms with E-state index in [1.54, 1.807) is 0 Å². The number of halogens is 2. The Balaban J connectivity index is 0. The molecule has 0 amide bonds. The standard InChI is InChI=1S/2ClH.2Ti/h2*1H;;/q;;2*+4/p-2. The Kier molecular flexibility index (Phi) is 186. The van der Waals surface area contributed by atoms with Gasteiger partial charge in [0, 0.05) is 0 Å². The second kappa shape index (κ2) is 19.9. The fourth-order valence-electron chi connectivity index (χ4n) is 0. The molecule has 0 aliphatic rings. The van der Waals surface area contributed by atoms with Gasteiger partial charge in [0.2, 0.25) is 0 Å². The van der Waals surface area contributed by atoms with Crippen molar-refractivity contribution in [2.75, 3.05) is 0 Å². The SMILES string of the molecule is [Cl-].[Cl-].[Ti+4].[Ti+4]. The number of hydrogen-bond acceptors (Lipinski definition) is 0. The molecular formula is Cl2Ti2+6. The Morgan fingerprint density at radius 2 is 0.500 bits per heavy atom. The van der Waals surface area contributed by atoms with Crippen LogP contribution < -0.4 is 24.8 Å². The molecule has 0 aliphatic carbocycles. The second-order valence-corrected chi connectivity index (χ2v) is 0. The molecule has 0 radical (unpaired) electrons. The van der Waals surface area contributed by atoms with E-state index in [2.05, 4.69) is 0 Å². The molecule has 0 saturated heterocycles. The van der Waals surface area contributed by atoms with Gasteiger partial charge in [-0.1, -0.05) is 0 Å². The van der Waals surface area contributed by atoms with Crippen molar-refractivity contribution in [1.29, 1.82) is 0 Å². The summed E-state index contributed by atoms with van der Waals surface area (Å²) in [5, 5.41) is 0. The van der Waals surface area contributed by atoms with Crippen LogP contribution in [0.1, 0.15) is 0 Å². The molecule has 0 aromatic carbocycles. The van der Waals surface area contributed by atoms with Gasteiger partial charge >= 0.3 is 43.4 Å². The molecule has 0 nitrogen and oxygen atoms in total. The second-order valence-electron chi connectivity index (χ2n) is 0. The zero-order valence-corrected chi connectivity index (χ0v) is 6.39. The summed E-state index contributed by atoms with van der Waals surface area (Å²) in [4.78, 5) is 0. The van der Waals surface area contributed by atoms with Crippen molar-refractivity contribution in [3.63, 3.8) is 0 Å². The van der Waals surface area contributed by atoms with Crippen LogP contribution in [-0.2, 0) is 43.4 Å². The Bertz CT molecular complexity index is 4.00. The van der Waals surface area contributed by atoms with Crippen LogP contribution in [-0.4, -0.2) is 0 Å². The van der Waals surface area contributed by atoms with Gasteiger partial charge in [0.15, 0.2) is 0 Å². The van der Waals surface area contributed by atoms with Gasteiger partial charge in [-0.2, -0.15) is 0 Å². The summed E-state index contributed by atoms with van der Waals surface area (Å²) < 4.78 is 0.